The molecular formula is C23H23NO6S. The maximum atomic E-state index is 12.7. The van der Waals surface area contributed by atoms with Gasteiger partial charge in [-0.2, -0.15) is 0 Å². The Hall–Kier alpha value is -3.39. The summed E-state index contributed by atoms with van der Waals surface area (Å²) in [5, 5.41) is 0. The Morgan fingerprint density at radius 2 is 1.58 bits per heavy atom. The molecule has 162 valence electrons. The molecule has 3 rings (SSSR count). The lowest BCUT2D eigenvalue weighted by Crippen LogP contribution is -2.39. The number of sulfone groups is 1. The first kappa shape index (κ1) is 22.3. The van der Waals surface area contributed by atoms with E-state index < -0.39 is 34.1 Å². The quantitative estimate of drug-likeness (QED) is 0.493. The van der Waals surface area contributed by atoms with Gasteiger partial charge in [0.25, 0.3) is 5.91 Å². The van der Waals surface area contributed by atoms with Crippen molar-refractivity contribution in [2.45, 2.75) is 30.5 Å². The second-order valence-corrected chi connectivity index (χ2v) is 9.11. The fourth-order valence-corrected chi connectivity index (χ4v) is 4.50. The number of hydrogen-bond donors (Lipinski definition) is 0. The molecule has 0 atom stereocenters. The van der Waals surface area contributed by atoms with E-state index in [9.17, 15) is 18.0 Å². The van der Waals surface area contributed by atoms with Gasteiger partial charge in [-0.1, -0.05) is 36.4 Å². The topological polar surface area (TPSA) is 93.9 Å². The zero-order valence-electron chi connectivity index (χ0n) is 17.2. The average Bonchev–Trinajstić information content (AvgIpc) is 3.21. The summed E-state index contributed by atoms with van der Waals surface area (Å²) >= 11 is 0. The van der Waals surface area contributed by atoms with Gasteiger partial charge in [0.15, 0.2) is 16.4 Å². The largest absolute Gasteiger partial charge is 0.457 e. The smallest absolute Gasteiger partial charge is 0.375 e. The van der Waals surface area contributed by atoms with Crippen molar-refractivity contribution in [1.29, 1.82) is 0 Å². The molecule has 7 nitrogen and oxygen atoms in total. The molecule has 1 heterocycles. The third kappa shape index (κ3) is 5.40. The molecule has 2 aromatic carbocycles. The van der Waals surface area contributed by atoms with Gasteiger partial charge in [-0.3, -0.25) is 4.79 Å². The Labute approximate surface area is 181 Å². The van der Waals surface area contributed by atoms with Crippen LogP contribution in [-0.4, -0.2) is 32.9 Å². The minimum Gasteiger partial charge on any atom is -0.457 e. The molecule has 0 bridgehead atoms. The van der Waals surface area contributed by atoms with Crippen LogP contribution in [0.4, 0.5) is 5.69 Å². The second kappa shape index (κ2) is 9.61. The van der Waals surface area contributed by atoms with E-state index in [0.717, 1.165) is 0 Å². The van der Waals surface area contributed by atoms with Crippen LogP contribution in [0.3, 0.4) is 0 Å². The van der Waals surface area contributed by atoms with E-state index in [4.69, 9.17) is 9.15 Å². The lowest BCUT2D eigenvalue weighted by Gasteiger charge is -2.26. The maximum absolute atomic E-state index is 12.7. The Bertz CT molecular complexity index is 1140. The van der Waals surface area contributed by atoms with Crippen molar-refractivity contribution in [1.82, 2.24) is 0 Å². The summed E-state index contributed by atoms with van der Waals surface area (Å²) in [5.41, 5.74) is 0.858. The number of hydrogen-bond acceptors (Lipinski definition) is 6. The number of anilines is 1. The van der Waals surface area contributed by atoms with Crippen molar-refractivity contribution in [2.75, 3.05) is 11.5 Å². The zero-order chi connectivity index (χ0) is 22.4. The van der Waals surface area contributed by atoms with Crippen molar-refractivity contribution in [3.05, 3.63) is 84.3 Å². The monoisotopic (exact) mass is 441 g/mol. The molecule has 0 saturated carbocycles. The summed E-state index contributed by atoms with van der Waals surface area (Å²) in [4.78, 5) is 26.8. The van der Waals surface area contributed by atoms with Gasteiger partial charge < -0.3 is 14.1 Å². The fourth-order valence-electron chi connectivity index (χ4n) is 3.13. The number of carbonyl (C=O) groups excluding carboxylic acids is 2. The van der Waals surface area contributed by atoms with Crippen LogP contribution in [0.15, 0.2) is 82.3 Å². The molecule has 3 aromatic rings. The van der Waals surface area contributed by atoms with Crippen LogP contribution in [0.1, 0.15) is 30.0 Å². The number of esters is 1. The number of ether oxygens (including phenoxy) is 1. The summed E-state index contributed by atoms with van der Waals surface area (Å²) in [6, 6.07) is 18.2. The first-order valence-electron chi connectivity index (χ1n) is 9.68. The first-order valence-corrected chi connectivity index (χ1v) is 11.3. The fraction of sp³-hybridized carbons (Fsp3) is 0.217. The van der Waals surface area contributed by atoms with Gasteiger partial charge >= 0.3 is 5.97 Å². The lowest BCUT2D eigenvalue weighted by atomic mass is 10.2. The van der Waals surface area contributed by atoms with E-state index in [1.165, 1.54) is 29.4 Å². The molecule has 0 N–H and O–H groups in total. The van der Waals surface area contributed by atoms with Crippen molar-refractivity contribution in [3.8, 4) is 0 Å². The highest BCUT2D eigenvalue weighted by molar-refractivity contribution is 7.90. The van der Waals surface area contributed by atoms with Crippen molar-refractivity contribution < 1.29 is 27.2 Å². The van der Waals surface area contributed by atoms with Crippen LogP contribution in [0.25, 0.3) is 0 Å². The predicted octanol–water partition coefficient (Wildman–Crippen LogP) is 3.85. The third-order valence-electron chi connectivity index (χ3n) is 4.53. The molecule has 0 saturated heterocycles. The standard InChI is InChI=1S/C23H23NO6S/c1-17(2)24(19-9-5-3-6-10-19)21(25)15-30-23(26)22-18(13-14-29-22)16-31(27,28)20-11-7-4-8-12-20/h3-14,17H,15-16H2,1-2H3. The number of furan rings is 1. The minimum absolute atomic E-state index is 0.140. The minimum atomic E-state index is -3.67. The Kier molecular flexibility index (Phi) is 6.91. The number of benzene rings is 2. The molecule has 0 aliphatic heterocycles. The van der Waals surface area contributed by atoms with Gasteiger partial charge in [0.2, 0.25) is 5.76 Å². The second-order valence-electron chi connectivity index (χ2n) is 7.12. The lowest BCUT2D eigenvalue weighted by molar-refractivity contribution is -0.122. The average molecular weight is 442 g/mol. The van der Waals surface area contributed by atoms with E-state index in [-0.39, 0.29) is 22.3 Å². The van der Waals surface area contributed by atoms with Crippen LogP contribution in [0.2, 0.25) is 0 Å². The van der Waals surface area contributed by atoms with Crippen LogP contribution < -0.4 is 4.90 Å². The summed E-state index contributed by atoms with van der Waals surface area (Å²) in [6.07, 6.45) is 1.22. The van der Waals surface area contributed by atoms with E-state index in [1.807, 2.05) is 32.0 Å². The van der Waals surface area contributed by atoms with Crippen molar-refractivity contribution in [3.63, 3.8) is 0 Å². The molecule has 0 unspecified atom stereocenters. The number of amides is 1. The summed E-state index contributed by atoms with van der Waals surface area (Å²) in [5.74, 6) is -1.95. The predicted molar refractivity (Wildman–Crippen MR) is 115 cm³/mol. The van der Waals surface area contributed by atoms with E-state index in [0.29, 0.717) is 5.69 Å². The van der Waals surface area contributed by atoms with Crippen molar-refractivity contribution >= 4 is 27.4 Å². The van der Waals surface area contributed by atoms with Gasteiger partial charge in [-0.05, 0) is 44.2 Å². The molecular weight excluding hydrogens is 418 g/mol. The first-order chi connectivity index (χ1) is 14.8. The summed E-state index contributed by atoms with van der Waals surface area (Å²) in [7, 11) is -3.67. The van der Waals surface area contributed by atoms with Crippen LogP contribution in [-0.2, 0) is 25.1 Å². The van der Waals surface area contributed by atoms with Gasteiger partial charge in [-0.15, -0.1) is 0 Å². The molecule has 0 spiro atoms. The molecule has 0 aliphatic carbocycles. The number of carbonyl (C=O) groups is 2. The van der Waals surface area contributed by atoms with Gasteiger partial charge in [0.1, 0.15) is 0 Å². The van der Waals surface area contributed by atoms with Gasteiger partial charge in [-0.25, -0.2) is 13.2 Å². The zero-order valence-corrected chi connectivity index (χ0v) is 18.0. The number of rotatable bonds is 8. The molecule has 1 amide bonds. The highest BCUT2D eigenvalue weighted by Gasteiger charge is 2.25. The SMILES string of the molecule is CC(C)N(C(=O)COC(=O)c1occc1CS(=O)(=O)c1ccccc1)c1ccccc1. The molecule has 1 aromatic heterocycles. The van der Waals surface area contributed by atoms with E-state index in [2.05, 4.69) is 0 Å². The third-order valence-corrected chi connectivity index (χ3v) is 6.21. The molecule has 0 radical (unpaired) electrons. The maximum Gasteiger partial charge on any atom is 0.375 e. The Balaban J connectivity index is 1.69. The number of nitrogens with zero attached hydrogens (tertiary/aromatic N) is 1. The number of para-hydroxylation sites is 1. The molecule has 0 fully saturated rings. The molecule has 0 aliphatic rings. The highest BCUT2D eigenvalue weighted by atomic mass is 32.2. The molecule has 31 heavy (non-hydrogen) atoms. The van der Waals surface area contributed by atoms with Crippen LogP contribution in [0, 0.1) is 0 Å². The van der Waals surface area contributed by atoms with Gasteiger partial charge in [0, 0.05) is 17.3 Å². The van der Waals surface area contributed by atoms with E-state index in [1.54, 1.807) is 30.3 Å². The van der Waals surface area contributed by atoms with Crippen LogP contribution >= 0.6 is 0 Å². The Morgan fingerprint density at radius 3 is 2.19 bits per heavy atom. The Morgan fingerprint density at radius 1 is 0.968 bits per heavy atom. The van der Waals surface area contributed by atoms with Gasteiger partial charge in [0.05, 0.1) is 16.9 Å². The normalized spacial score (nSPS) is 11.3. The van der Waals surface area contributed by atoms with Crippen LogP contribution in [0.5, 0.6) is 0 Å². The molecule has 8 heteroatoms. The summed E-state index contributed by atoms with van der Waals surface area (Å²) in [6.45, 7) is 3.20. The highest BCUT2D eigenvalue weighted by Crippen LogP contribution is 2.21. The van der Waals surface area contributed by atoms with E-state index >= 15 is 0 Å². The van der Waals surface area contributed by atoms with Crippen molar-refractivity contribution in [2.24, 2.45) is 0 Å². The summed E-state index contributed by atoms with van der Waals surface area (Å²) < 4.78 is 35.5.